The van der Waals surface area contributed by atoms with E-state index in [9.17, 15) is 40.9 Å². The molecule has 0 amide bonds. The number of fused-ring (bicyclic) bond motifs is 12. The third-order valence-electron chi connectivity index (χ3n) is 21.8. The van der Waals surface area contributed by atoms with Crippen LogP contribution < -0.4 is 0 Å². The van der Waals surface area contributed by atoms with Gasteiger partial charge in [-0.25, -0.2) is 0 Å². The fourth-order valence-corrected chi connectivity index (χ4v) is 16.8. The van der Waals surface area contributed by atoms with Gasteiger partial charge in [-0.15, -0.1) is 0 Å². The minimum Gasteiger partial charge on any atom is -0.395 e. The molecular weight excluding hydrogens is 1150 g/mol. The van der Waals surface area contributed by atoms with Gasteiger partial charge in [0.25, 0.3) is 0 Å². The summed E-state index contributed by atoms with van der Waals surface area (Å²) in [6, 6.07) is 92.4. The van der Waals surface area contributed by atoms with E-state index in [1.54, 1.807) is 0 Å². The molecule has 456 valence electrons. The van der Waals surface area contributed by atoms with Crippen molar-refractivity contribution in [3.63, 3.8) is 0 Å². The fraction of sp³-hybridized carbons (Fsp3) is 0.153. The van der Waals surface area contributed by atoms with Gasteiger partial charge in [0.05, 0.1) is 79.9 Å². The Morgan fingerprint density at radius 1 is 0.183 bits per heavy atom. The zero-order chi connectivity index (χ0) is 63.4. The van der Waals surface area contributed by atoms with E-state index >= 15 is 0 Å². The highest BCUT2D eigenvalue weighted by Gasteiger charge is 2.47. The molecule has 8 nitrogen and oxygen atoms in total. The van der Waals surface area contributed by atoms with Crippen LogP contribution in [-0.2, 0) is 27.1 Å². The zero-order valence-electron chi connectivity index (χ0n) is 51.1. The molecular formula is C85H68O8. The Morgan fingerprint density at radius 2 is 0.355 bits per heavy atom. The van der Waals surface area contributed by atoms with Gasteiger partial charge in [0.1, 0.15) is 0 Å². The van der Waals surface area contributed by atoms with Crippen molar-refractivity contribution in [3.8, 4) is 89.0 Å². The van der Waals surface area contributed by atoms with E-state index < -0.39 is 27.1 Å². The van der Waals surface area contributed by atoms with Crippen LogP contribution in [0.3, 0.4) is 0 Å². The van der Waals surface area contributed by atoms with E-state index in [-0.39, 0.29) is 52.9 Å². The first kappa shape index (κ1) is 58.4. The first-order valence-corrected chi connectivity index (χ1v) is 31.9. The van der Waals surface area contributed by atoms with Crippen LogP contribution in [0.1, 0.15) is 66.8 Å². The van der Waals surface area contributed by atoms with Crippen molar-refractivity contribution in [2.75, 3.05) is 52.9 Å². The van der Waals surface area contributed by atoms with Gasteiger partial charge in [-0.2, -0.15) is 0 Å². The van der Waals surface area contributed by atoms with Gasteiger partial charge in [0.2, 0.25) is 0 Å². The van der Waals surface area contributed by atoms with Gasteiger partial charge in [-0.05, 0) is 180 Å². The summed E-state index contributed by atoms with van der Waals surface area (Å²) in [6.45, 7) is -1.99. The van der Waals surface area contributed by atoms with Crippen molar-refractivity contribution < 1.29 is 40.9 Å². The molecule has 0 heterocycles. The van der Waals surface area contributed by atoms with Crippen molar-refractivity contribution in [3.05, 3.63) is 334 Å². The van der Waals surface area contributed by atoms with Crippen molar-refractivity contribution in [2.45, 2.75) is 27.1 Å². The van der Waals surface area contributed by atoms with Crippen molar-refractivity contribution in [1.82, 2.24) is 0 Å². The molecule has 12 aromatic carbocycles. The first-order chi connectivity index (χ1) is 45.6. The molecule has 8 heteroatoms. The highest BCUT2D eigenvalue weighted by Crippen LogP contribution is 2.55. The van der Waals surface area contributed by atoms with Crippen molar-refractivity contribution >= 4 is 0 Å². The summed E-state index contributed by atoms with van der Waals surface area (Å²) in [4.78, 5) is 0. The van der Waals surface area contributed by atoms with Crippen LogP contribution in [0.2, 0.25) is 0 Å². The molecule has 0 atom stereocenters. The van der Waals surface area contributed by atoms with Crippen LogP contribution in [0, 0.1) is 0 Å². The van der Waals surface area contributed by atoms with Crippen LogP contribution in [0.15, 0.2) is 267 Å². The SMILES string of the molecule is OCC1(CO)c2ccccc2-c2ccc(-c3ccc(C(c4ccc(-c5ccc6c(c5)C(CO)(CO)c5ccccc5-6)cc4)(c4ccc(-c5ccc6c(c5)C(CO)(CO)c5ccccc5-6)cc4)c4ccc(-c5ccc6c(c5)C(CO)(CO)c5ccccc5-6)cc4)cc3)cc21. The van der Waals surface area contributed by atoms with E-state index in [0.29, 0.717) is 0 Å². The maximum absolute atomic E-state index is 11.1. The molecule has 0 aliphatic heterocycles. The van der Waals surface area contributed by atoms with E-state index in [1.165, 1.54) is 0 Å². The molecule has 4 aliphatic rings. The van der Waals surface area contributed by atoms with Crippen LogP contribution in [0.5, 0.6) is 0 Å². The summed E-state index contributed by atoms with van der Waals surface area (Å²) in [5.41, 5.74) is 21.8. The molecule has 0 fully saturated rings. The number of benzene rings is 12. The minimum atomic E-state index is -0.996. The van der Waals surface area contributed by atoms with E-state index in [1.807, 2.05) is 72.8 Å². The summed E-state index contributed by atoms with van der Waals surface area (Å²) in [6.07, 6.45) is 0. The third-order valence-corrected chi connectivity index (χ3v) is 21.8. The van der Waals surface area contributed by atoms with E-state index in [4.69, 9.17) is 0 Å². The molecule has 8 N–H and O–H groups in total. The summed E-state index contributed by atoms with van der Waals surface area (Å²) in [7, 11) is 0. The number of aliphatic hydroxyl groups is 8. The second-order valence-corrected chi connectivity index (χ2v) is 25.9. The highest BCUT2D eigenvalue weighted by molar-refractivity contribution is 5.89. The normalized spacial score (nSPS) is 15.1. The molecule has 93 heavy (non-hydrogen) atoms. The van der Waals surface area contributed by atoms with Crippen LogP contribution in [-0.4, -0.2) is 93.7 Å². The number of aliphatic hydroxyl groups excluding tert-OH is 8. The molecule has 0 radical (unpaired) electrons. The molecule has 4 aliphatic carbocycles. The predicted octanol–water partition coefficient (Wildman–Crippen LogP) is 13.7. The second kappa shape index (κ2) is 22.3. The Balaban J connectivity index is 0.875. The van der Waals surface area contributed by atoms with Gasteiger partial charge in [-0.1, -0.05) is 243 Å². The molecule has 0 saturated heterocycles. The zero-order valence-corrected chi connectivity index (χ0v) is 51.1. The first-order valence-electron chi connectivity index (χ1n) is 31.9. The average molecular weight is 1220 g/mol. The second-order valence-electron chi connectivity index (χ2n) is 25.9. The topological polar surface area (TPSA) is 162 Å². The molecule has 0 unspecified atom stereocenters. The molecule has 16 rings (SSSR count). The number of hydrogen-bond acceptors (Lipinski definition) is 8. The summed E-state index contributed by atoms with van der Waals surface area (Å²) in [5.74, 6) is 0. The van der Waals surface area contributed by atoms with Crippen molar-refractivity contribution in [2.24, 2.45) is 0 Å². The van der Waals surface area contributed by atoms with Gasteiger partial charge in [0.15, 0.2) is 0 Å². The lowest BCUT2D eigenvalue weighted by atomic mass is 9.64. The minimum absolute atomic E-state index is 0.249. The molecule has 0 bridgehead atoms. The summed E-state index contributed by atoms with van der Waals surface area (Å²) < 4.78 is 0. The Bertz CT molecular complexity index is 4270. The van der Waals surface area contributed by atoms with Gasteiger partial charge < -0.3 is 40.9 Å². The monoisotopic (exact) mass is 1220 g/mol. The molecule has 0 aromatic heterocycles. The summed E-state index contributed by atoms with van der Waals surface area (Å²) in [5, 5.41) is 88.7. The lowest BCUT2D eigenvalue weighted by Gasteiger charge is -2.37. The van der Waals surface area contributed by atoms with Crippen LogP contribution in [0.4, 0.5) is 0 Å². The lowest BCUT2D eigenvalue weighted by Crippen LogP contribution is -2.34. The largest absolute Gasteiger partial charge is 0.395 e. The van der Waals surface area contributed by atoms with Crippen LogP contribution in [0.25, 0.3) is 89.0 Å². The van der Waals surface area contributed by atoms with Gasteiger partial charge >= 0.3 is 0 Å². The maximum atomic E-state index is 11.1. The van der Waals surface area contributed by atoms with Gasteiger partial charge in [-0.3, -0.25) is 0 Å². The molecule has 12 aromatic rings. The number of rotatable bonds is 16. The predicted molar refractivity (Wildman–Crippen MR) is 368 cm³/mol. The van der Waals surface area contributed by atoms with E-state index in [2.05, 4.69) is 194 Å². The quantitative estimate of drug-likeness (QED) is 0.0444. The average Bonchev–Trinajstić information content (AvgIpc) is 1.74. The standard InChI is InChI=1S/C85H68O8/c86-45-81(46-87)73-13-5-1-9-65(73)69-37-25-57(41-77(69)81)53-17-29-61(30-18-53)85(62-31-19-54(20-32-62)58-26-38-70-66-10-2-6-14-74(66)82(47-88,48-89)78(70)42-58,63-33-21-55(22-34-63)59-27-39-71-67-11-3-7-15-75(67)83(49-90,50-91)79(71)43-59)64-35-23-56(24-36-64)60-28-40-72-68-12-4-8-16-76(68)84(51-92,52-93)80(72)44-60/h1-44,86-93H,45-52H2. The fourth-order valence-electron chi connectivity index (χ4n) is 16.8. The lowest BCUT2D eigenvalue weighted by molar-refractivity contribution is 0.146. The Labute approximate surface area is 540 Å². The smallest absolute Gasteiger partial charge is 0.0701 e. The van der Waals surface area contributed by atoms with Gasteiger partial charge in [0, 0.05) is 0 Å². The maximum Gasteiger partial charge on any atom is 0.0701 e. The Hall–Kier alpha value is -9.68. The third kappa shape index (κ3) is 8.21. The Morgan fingerprint density at radius 3 is 0.548 bits per heavy atom. The Kier molecular flexibility index (Phi) is 14.0. The van der Waals surface area contributed by atoms with Crippen LogP contribution >= 0.6 is 0 Å². The number of hydrogen-bond donors (Lipinski definition) is 8. The van der Waals surface area contributed by atoms with Crippen molar-refractivity contribution in [1.29, 1.82) is 0 Å². The molecule has 0 spiro atoms. The highest BCUT2D eigenvalue weighted by atomic mass is 16.3. The summed E-state index contributed by atoms with van der Waals surface area (Å²) >= 11 is 0. The molecule has 0 saturated carbocycles. The van der Waals surface area contributed by atoms with E-state index in [0.717, 1.165) is 156 Å².